The van der Waals surface area contributed by atoms with Crippen LogP contribution in [0.2, 0.25) is 0 Å². The molecule has 0 saturated carbocycles. The molecular formula is C17H33IN4O2. The minimum atomic E-state index is 0. The van der Waals surface area contributed by atoms with Crippen LogP contribution in [-0.4, -0.2) is 76.1 Å². The van der Waals surface area contributed by atoms with Crippen LogP contribution in [0, 0.1) is 0 Å². The van der Waals surface area contributed by atoms with E-state index in [1.54, 1.807) is 0 Å². The molecule has 0 radical (unpaired) electrons. The summed E-state index contributed by atoms with van der Waals surface area (Å²) >= 11 is 0. The summed E-state index contributed by atoms with van der Waals surface area (Å²) < 4.78 is 11.2. The molecule has 0 aromatic rings. The summed E-state index contributed by atoms with van der Waals surface area (Å²) in [6.07, 6.45) is 6.85. The topological polar surface area (TPSA) is 58.1 Å². The molecule has 2 heterocycles. The van der Waals surface area contributed by atoms with Crippen LogP contribution in [0.3, 0.4) is 0 Å². The summed E-state index contributed by atoms with van der Waals surface area (Å²) in [5.74, 6) is 0.868. The second-order valence-corrected chi connectivity index (χ2v) is 6.22. The molecule has 0 aromatic carbocycles. The van der Waals surface area contributed by atoms with Gasteiger partial charge in [0.05, 0.1) is 19.3 Å². The first-order chi connectivity index (χ1) is 11.3. The molecule has 0 amide bonds. The van der Waals surface area contributed by atoms with Gasteiger partial charge in [0.2, 0.25) is 0 Å². The van der Waals surface area contributed by atoms with Crippen molar-refractivity contribution in [1.29, 1.82) is 0 Å². The average molecular weight is 452 g/mol. The Balaban J connectivity index is 0.00000288. The Hall–Kier alpha value is -0.380. The van der Waals surface area contributed by atoms with Gasteiger partial charge < -0.3 is 20.1 Å². The third-order valence-corrected chi connectivity index (χ3v) is 4.41. The number of piperidine rings is 1. The molecule has 140 valence electrons. The third kappa shape index (κ3) is 8.13. The van der Waals surface area contributed by atoms with Gasteiger partial charge in [0.1, 0.15) is 0 Å². The first-order valence-electron chi connectivity index (χ1n) is 8.81. The molecule has 24 heavy (non-hydrogen) atoms. The Morgan fingerprint density at radius 1 is 1.38 bits per heavy atom. The molecule has 2 fully saturated rings. The van der Waals surface area contributed by atoms with Gasteiger partial charge in [-0.2, -0.15) is 0 Å². The van der Waals surface area contributed by atoms with Crippen LogP contribution in [0.1, 0.15) is 25.7 Å². The Bertz CT molecular complexity index is 368. The molecule has 2 N–H and O–H groups in total. The molecule has 0 aliphatic carbocycles. The highest BCUT2D eigenvalue weighted by molar-refractivity contribution is 14.0. The quantitative estimate of drug-likeness (QED) is 0.193. The number of nitrogens with zero attached hydrogens (tertiary/aromatic N) is 2. The maximum atomic E-state index is 5.66. The smallest absolute Gasteiger partial charge is 0.191 e. The van der Waals surface area contributed by atoms with E-state index in [2.05, 4.69) is 27.1 Å². The Morgan fingerprint density at radius 2 is 2.17 bits per heavy atom. The molecule has 2 aliphatic rings. The monoisotopic (exact) mass is 452 g/mol. The maximum absolute atomic E-state index is 5.66. The van der Waals surface area contributed by atoms with Gasteiger partial charge in [-0.1, -0.05) is 6.08 Å². The van der Waals surface area contributed by atoms with E-state index in [0.717, 1.165) is 64.4 Å². The molecule has 1 unspecified atom stereocenters. The minimum absolute atomic E-state index is 0. The lowest BCUT2D eigenvalue weighted by Gasteiger charge is -2.32. The number of hydrogen-bond donors (Lipinski definition) is 2. The molecule has 2 aliphatic heterocycles. The highest BCUT2D eigenvalue weighted by atomic mass is 127. The fourth-order valence-corrected chi connectivity index (χ4v) is 3.06. The molecule has 0 aromatic heterocycles. The minimum Gasteiger partial charge on any atom is -0.377 e. The van der Waals surface area contributed by atoms with Crippen LogP contribution in [0.15, 0.2) is 17.6 Å². The number of halogens is 1. The summed E-state index contributed by atoms with van der Waals surface area (Å²) in [6.45, 7) is 10.1. The Labute approximate surface area is 163 Å². The maximum Gasteiger partial charge on any atom is 0.191 e. The van der Waals surface area contributed by atoms with Crippen LogP contribution >= 0.6 is 24.0 Å². The number of rotatable bonds is 8. The largest absolute Gasteiger partial charge is 0.377 e. The van der Waals surface area contributed by atoms with Crippen molar-refractivity contribution in [2.75, 3.05) is 53.0 Å². The van der Waals surface area contributed by atoms with Gasteiger partial charge in [0, 0.05) is 45.9 Å². The predicted molar refractivity (Wildman–Crippen MR) is 109 cm³/mol. The third-order valence-electron chi connectivity index (χ3n) is 4.41. The van der Waals surface area contributed by atoms with E-state index in [-0.39, 0.29) is 24.0 Å². The van der Waals surface area contributed by atoms with Gasteiger partial charge in [-0.3, -0.25) is 9.89 Å². The van der Waals surface area contributed by atoms with Crippen LogP contribution in [-0.2, 0) is 9.47 Å². The summed E-state index contributed by atoms with van der Waals surface area (Å²) in [4.78, 5) is 6.73. The lowest BCUT2D eigenvalue weighted by molar-refractivity contribution is 0.0191. The van der Waals surface area contributed by atoms with Crippen molar-refractivity contribution < 1.29 is 9.47 Å². The van der Waals surface area contributed by atoms with Gasteiger partial charge in [0.15, 0.2) is 5.96 Å². The molecule has 0 spiro atoms. The zero-order valence-electron chi connectivity index (χ0n) is 14.8. The van der Waals surface area contributed by atoms with Crippen molar-refractivity contribution >= 4 is 29.9 Å². The molecule has 6 nitrogen and oxygen atoms in total. The molecule has 0 bridgehead atoms. The first kappa shape index (κ1) is 21.7. The molecular weight excluding hydrogens is 419 g/mol. The van der Waals surface area contributed by atoms with E-state index in [0.29, 0.717) is 25.4 Å². The van der Waals surface area contributed by atoms with Crippen molar-refractivity contribution in [2.24, 2.45) is 4.99 Å². The fourth-order valence-electron chi connectivity index (χ4n) is 3.06. The van der Waals surface area contributed by atoms with Gasteiger partial charge >= 0.3 is 0 Å². The van der Waals surface area contributed by atoms with Crippen molar-refractivity contribution in [3.8, 4) is 0 Å². The van der Waals surface area contributed by atoms with Crippen LogP contribution in [0.25, 0.3) is 0 Å². The number of hydrogen-bond acceptors (Lipinski definition) is 4. The lowest BCUT2D eigenvalue weighted by atomic mass is 10.1. The van der Waals surface area contributed by atoms with Gasteiger partial charge in [-0.05, 0) is 25.7 Å². The Kier molecular flexibility index (Phi) is 11.7. The van der Waals surface area contributed by atoms with E-state index >= 15 is 0 Å². The SMILES string of the molecule is C=CCN1CCC(NC(=NC)NCCOCC2CCCO2)CC1.I. The highest BCUT2D eigenvalue weighted by Crippen LogP contribution is 2.11. The fraction of sp³-hybridized carbons (Fsp3) is 0.824. The second-order valence-electron chi connectivity index (χ2n) is 6.22. The zero-order chi connectivity index (χ0) is 16.3. The van der Waals surface area contributed by atoms with Crippen LogP contribution in [0.5, 0.6) is 0 Å². The van der Waals surface area contributed by atoms with Crippen LogP contribution in [0.4, 0.5) is 0 Å². The summed E-state index contributed by atoms with van der Waals surface area (Å²) in [7, 11) is 1.81. The standard InChI is InChI=1S/C17H32N4O2.HI/c1-3-9-21-10-6-15(7-11-21)20-17(18-2)19-8-13-22-14-16-5-4-12-23-16;/h3,15-16H,1,4-14H2,2H3,(H2,18,19,20);1H. The molecule has 1 atom stereocenters. The molecule has 2 saturated heterocycles. The van der Waals surface area contributed by atoms with Gasteiger partial charge in [0.25, 0.3) is 0 Å². The number of likely N-dealkylation sites (tertiary alicyclic amines) is 1. The normalized spacial score (nSPS) is 22.9. The average Bonchev–Trinajstić information content (AvgIpc) is 3.09. The first-order valence-corrected chi connectivity index (χ1v) is 8.81. The lowest BCUT2D eigenvalue weighted by Crippen LogP contribution is -2.49. The summed E-state index contributed by atoms with van der Waals surface area (Å²) in [5.41, 5.74) is 0. The van der Waals surface area contributed by atoms with E-state index in [1.165, 1.54) is 0 Å². The van der Waals surface area contributed by atoms with Gasteiger partial charge in [-0.15, -0.1) is 30.6 Å². The van der Waals surface area contributed by atoms with Crippen molar-refractivity contribution in [3.05, 3.63) is 12.7 Å². The second kappa shape index (κ2) is 12.9. The number of aliphatic imine (C=N–C) groups is 1. The molecule has 7 heteroatoms. The zero-order valence-corrected chi connectivity index (χ0v) is 17.2. The van der Waals surface area contributed by atoms with Crippen molar-refractivity contribution in [1.82, 2.24) is 15.5 Å². The van der Waals surface area contributed by atoms with Crippen molar-refractivity contribution in [2.45, 2.75) is 37.8 Å². The Morgan fingerprint density at radius 3 is 2.79 bits per heavy atom. The number of ether oxygens (including phenoxy) is 2. The summed E-state index contributed by atoms with van der Waals surface area (Å²) in [6, 6.07) is 0.495. The number of guanidine groups is 1. The van der Waals surface area contributed by atoms with E-state index in [4.69, 9.17) is 9.47 Å². The van der Waals surface area contributed by atoms with E-state index in [9.17, 15) is 0 Å². The molecule has 2 rings (SSSR count). The van der Waals surface area contributed by atoms with Gasteiger partial charge in [-0.25, -0.2) is 0 Å². The van der Waals surface area contributed by atoms with E-state index in [1.807, 2.05) is 13.1 Å². The number of nitrogens with one attached hydrogen (secondary N) is 2. The van der Waals surface area contributed by atoms with Crippen molar-refractivity contribution in [3.63, 3.8) is 0 Å². The van der Waals surface area contributed by atoms with E-state index < -0.39 is 0 Å². The highest BCUT2D eigenvalue weighted by Gasteiger charge is 2.19. The predicted octanol–water partition coefficient (Wildman–Crippen LogP) is 1.62. The summed E-state index contributed by atoms with van der Waals surface area (Å²) in [5, 5.41) is 6.83. The van der Waals surface area contributed by atoms with Crippen LogP contribution < -0.4 is 10.6 Å².